The summed E-state index contributed by atoms with van der Waals surface area (Å²) >= 11 is 9.31. The second-order valence-electron chi connectivity index (χ2n) is 9.64. The van der Waals surface area contributed by atoms with Crippen molar-refractivity contribution < 1.29 is 33.0 Å². The average Bonchev–Trinajstić information content (AvgIpc) is 3.84. The highest BCUT2D eigenvalue weighted by atomic mass is 79.9. The molecule has 0 saturated heterocycles. The summed E-state index contributed by atoms with van der Waals surface area (Å²) in [5.74, 6) is -1.60. The quantitative estimate of drug-likeness (QED) is 0.147. The highest BCUT2D eigenvalue weighted by Gasteiger charge is 2.35. The molecule has 11 heteroatoms. The van der Waals surface area contributed by atoms with Gasteiger partial charge in [0.2, 0.25) is 0 Å². The van der Waals surface area contributed by atoms with Gasteiger partial charge in [-0.3, -0.25) is 9.59 Å². The maximum Gasteiger partial charge on any atom is 0.290 e. The average molecular weight is 664 g/mol. The molecule has 0 atom stereocenters. The lowest BCUT2D eigenvalue weighted by Crippen LogP contribution is -2.39. The first-order valence-electron chi connectivity index (χ1n) is 13.4. The molecule has 2 aliphatic rings. The van der Waals surface area contributed by atoms with Gasteiger partial charge in [-0.25, -0.2) is 8.78 Å². The van der Waals surface area contributed by atoms with Crippen molar-refractivity contribution in [3.63, 3.8) is 0 Å². The minimum Gasteiger partial charge on any atom is -0.490 e. The molecule has 0 unspecified atom stereocenters. The molecule has 1 aliphatic heterocycles. The Hall–Kier alpha value is -3.47. The molecule has 1 aliphatic carbocycles. The number of ether oxygens (including phenoxy) is 2. The van der Waals surface area contributed by atoms with Gasteiger partial charge in [0.05, 0.1) is 5.02 Å². The van der Waals surface area contributed by atoms with Crippen LogP contribution in [0.15, 0.2) is 70.7 Å². The minimum atomic E-state index is -0.932. The Morgan fingerprint density at radius 3 is 2.45 bits per heavy atom. The normalized spacial score (nSPS) is 14.5. The first-order chi connectivity index (χ1) is 20.3. The summed E-state index contributed by atoms with van der Waals surface area (Å²) in [6.07, 6.45) is 2.80. The van der Waals surface area contributed by atoms with E-state index in [9.17, 15) is 13.6 Å². The van der Waals surface area contributed by atoms with Crippen molar-refractivity contribution in [3.05, 3.63) is 98.5 Å². The van der Waals surface area contributed by atoms with Crippen LogP contribution in [-0.2, 0) is 16.1 Å². The molecule has 3 aromatic carbocycles. The first-order valence-corrected chi connectivity index (χ1v) is 14.6. The Morgan fingerprint density at radius 1 is 1.07 bits per heavy atom. The molecule has 1 saturated carbocycles. The fourth-order valence-electron chi connectivity index (χ4n) is 4.64. The summed E-state index contributed by atoms with van der Waals surface area (Å²) in [7, 11) is 0. The van der Waals surface area contributed by atoms with E-state index in [1.807, 2.05) is 53.4 Å². The molecule has 42 heavy (non-hydrogen) atoms. The Morgan fingerprint density at radius 2 is 1.76 bits per heavy atom. The molecule has 1 heterocycles. The number of hydrogen-bond acceptors (Lipinski definition) is 5. The van der Waals surface area contributed by atoms with Crippen LogP contribution in [0.5, 0.6) is 11.5 Å². The third-order valence-electron chi connectivity index (χ3n) is 6.83. The van der Waals surface area contributed by atoms with E-state index in [4.69, 9.17) is 31.0 Å². The van der Waals surface area contributed by atoms with Gasteiger partial charge in [-0.2, -0.15) is 0 Å². The fraction of sp³-hybridized carbons (Fsp3) is 0.290. The van der Waals surface area contributed by atoms with E-state index < -0.39 is 17.4 Å². The van der Waals surface area contributed by atoms with Gasteiger partial charge in [0.1, 0.15) is 19.0 Å². The topological polar surface area (TPSA) is 88.1 Å². The molecule has 0 bridgehead atoms. The third-order valence-corrected chi connectivity index (χ3v) is 7.89. The van der Waals surface area contributed by atoms with Crippen LogP contribution in [0.1, 0.15) is 30.4 Å². The van der Waals surface area contributed by atoms with E-state index in [1.165, 1.54) is 0 Å². The van der Waals surface area contributed by atoms with Crippen LogP contribution in [0.3, 0.4) is 0 Å². The van der Waals surface area contributed by atoms with Gasteiger partial charge in [-0.15, -0.1) is 0 Å². The highest BCUT2D eigenvalue weighted by molar-refractivity contribution is 9.10. The van der Waals surface area contributed by atoms with Gasteiger partial charge in [-0.05, 0) is 72.8 Å². The van der Waals surface area contributed by atoms with E-state index in [0.717, 1.165) is 64.7 Å². The van der Waals surface area contributed by atoms with E-state index in [1.54, 1.807) is 0 Å². The Bertz CT molecular complexity index is 1430. The molecule has 1 amide bonds. The third kappa shape index (κ3) is 8.08. The first kappa shape index (κ1) is 31.5. The zero-order valence-corrected chi connectivity index (χ0v) is 25.0. The summed E-state index contributed by atoms with van der Waals surface area (Å²) in [5.41, 5.74) is 3.91. The Kier molecular flexibility index (Phi) is 11.3. The van der Waals surface area contributed by atoms with Crippen LogP contribution in [-0.4, -0.2) is 54.7 Å². The number of halogens is 4. The minimum absolute atomic E-state index is 0.0556. The smallest absolute Gasteiger partial charge is 0.290 e. The van der Waals surface area contributed by atoms with Crippen LogP contribution in [0.4, 0.5) is 8.78 Å². The predicted octanol–water partition coefficient (Wildman–Crippen LogP) is 6.48. The Labute approximate surface area is 256 Å². The number of amides is 1. The van der Waals surface area contributed by atoms with Crippen LogP contribution >= 0.6 is 27.5 Å². The zero-order chi connectivity index (χ0) is 30.1. The lowest BCUT2D eigenvalue weighted by molar-refractivity contribution is -0.128. The van der Waals surface area contributed by atoms with E-state index in [-0.39, 0.29) is 36.7 Å². The van der Waals surface area contributed by atoms with Crippen molar-refractivity contribution in [2.75, 3.05) is 26.3 Å². The van der Waals surface area contributed by atoms with Gasteiger partial charge >= 0.3 is 0 Å². The molecule has 1 fully saturated rings. The maximum absolute atomic E-state index is 14.0. The number of rotatable bonds is 10. The molecule has 3 aromatic rings. The lowest BCUT2D eigenvalue weighted by atomic mass is 9.93. The van der Waals surface area contributed by atoms with Gasteiger partial charge in [0.15, 0.2) is 17.4 Å². The maximum atomic E-state index is 14.0. The Balaban J connectivity index is 0.00000129. The molecule has 222 valence electrons. The summed E-state index contributed by atoms with van der Waals surface area (Å²) in [4.78, 5) is 24.2. The van der Waals surface area contributed by atoms with Crippen molar-refractivity contribution in [2.24, 2.45) is 0 Å². The molecule has 5 rings (SSSR count). The monoisotopic (exact) mass is 662 g/mol. The van der Waals surface area contributed by atoms with Crippen molar-refractivity contribution in [3.8, 4) is 11.5 Å². The van der Waals surface area contributed by atoms with Crippen molar-refractivity contribution in [1.29, 1.82) is 0 Å². The van der Waals surface area contributed by atoms with Crippen LogP contribution in [0, 0.1) is 11.6 Å². The molecule has 0 spiro atoms. The standard InChI is InChI=1S/C30H28BrClF2N2O3.CH2O2/c31-25-4-2-1-3-20(25)18-36(21-7-8-21)30(37)24-17-35-14-13-23(24)19-5-9-22(10-6-19)38-15-16-39-29-27(33)12-11-26(32)28(29)34;2-1-3/h1-6,9-12,21,35H,7-8,13-18H2;1H,(H,2,3). The summed E-state index contributed by atoms with van der Waals surface area (Å²) in [6, 6.07) is 18.0. The predicted molar refractivity (Wildman–Crippen MR) is 160 cm³/mol. The van der Waals surface area contributed by atoms with Crippen LogP contribution in [0.2, 0.25) is 5.02 Å². The molecule has 7 nitrogen and oxygen atoms in total. The van der Waals surface area contributed by atoms with Gasteiger partial charge in [0.25, 0.3) is 12.4 Å². The van der Waals surface area contributed by atoms with Crippen molar-refractivity contribution in [1.82, 2.24) is 10.2 Å². The van der Waals surface area contributed by atoms with Crippen LogP contribution < -0.4 is 14.8 Å². The van der Waals surface area contributed by atoms with Gasteiger partial charge in [-0.1, -0.05) is 57.9 Å². The second-order valence-corrected chi connectivity index (χ2v) is 10.9. The van der Waals surface area contributed by atoms with Gasteiger partial charge < -0.3 is 24.8 Å². The SMILES string of the molecule is O=C(C1=C(c2ccc(OCCOc3c(F)ccc(Cl)c3F)cc2)CCNC1)N(Cc1ccccc1Br)C1CC1.O=CO. The molecular weight excluding hydrogens is 634 g/mol. The van der Waals surface area contributed by atoms with E-state index in [2.05, 4.69) is 21.2 Å². The summed E-state index contributed by atoms with van der Waals surface area (Å²) in [5, 5.41) is 10.0. The number of nitrogens with one attached hydrogen (secondary N) is 1. The molecule has 2 N–H and O–H groups in total. The molecular formula is C31H30BrClF2N2O5. The number of benzene rings is 3. The number of carbonyl (C=O) groups is 2. The second kappa shape index (κ2) is 15.1. The lowest BCUT2D eigenvalue weighted by Gasteiger charge is -2.28. The van der Waals surface area contributed by atoms with Gasteiger partial charge in [0, 0.05) is 29.2 Å². The van der Waals surface area contributed by atoms with E-state index >= 15 is 0 Å². The fourth-order valence-corrected chi connectivity index (χ4v) is 5.20. The molecule has 0 radical (unpaired) electrons. The number of hydrogen-bond donors (Lipinski definition) is 2. The van der Waals surface area contributed by atoms with E-state index in [0.29, 0.717) is 18.8 Å². The summed E-state index contributed by atoms with van der Waals surface area (Å²) in [6.45, 7) is 1.68. The van der Waals surface area contributed by atoms with Crippen LogP contribution in [0.25, 0.3) is 5.57 Å². The van der Waals surface area contributed by atoms with Crippen molar-refractivity contribution in [2.45, 2.75) is 31.8 Å². The number of carboxylic acid groups (broad SMARTS) is 1. The van der Waals surface area contributed by atoms with Crippen molar-refractivity contribution >= 4 is 45.5 Å². The number of nitrogens with zero attached hydrogens (tertiary/aromatic N) is 1. The molecule has 0 aromatic heterocycles. The highest BCUT2D eigenvalue weighted by Crippen LogP contribution is 2.34. The zero-order valence-electron chi connectivity index (χ0n) is 22.6. The summed E-state index contributed by atoms with van der Waals surface area (Å²) < 4.78 is 39.7. The largest absolute Gasteiger partial charge is 0.490 e. The number of carbonyl (C=O) groups excluding carboxylic acids is 1.